The van der Waals surface area contributed by atoms with Crippen LogP contribution in [0.25, 0.3) is 0 Å². The van der Waals surface area contributed by atoms with Crippen LogP contribution in [0.4, 0.5) is 17.6 Å². The first-order chi connectivity index (χ1) is 12.8. The smallest absolute Gasteiger partial charge is 0.336 e. The van der Waals surface area contributed by atoms with Crippen molar-refractivity contribution in [3.63, 3.8) is 0 Å². The summed E-state index contributed by atoms with van der Waals surface area (Å²) in [6.07, 6.45) is -4.56. The van der Waals surface area contributed by atoms with E-state index in [9.17, 15) is 22.4 Å². The van der Waals surface area contributed by atoms with Gasteiger partial charge in [-0.3, -0.25) is 9.69 Å². The Hall–Kier alpha value is -2.41. The van der Waals surface area contributed by atoms with Crippen LogP contribution in [-0.2, 0) is 6.18 Å². The van der Waals surface area contributed by atoms with Crippen molar-refractivity contribution in [1.82, 2.24) is 9.80 Å². The molecule has 0 N–H and O–H groups in total. The number of nitrogens with zero attached hydrogens (tertiary/aromatic N) is 2. The van der Waals surface area contributed by atoms with Gasteiger partial charge in [-0.05, 0) is 36.8 Å². The van der Waals surface area contributed by atoms with Crippen LogP contribution in [0.2, 0.25) is 0 Å². The van der Waals surface area contributed by atoms with Crippen LogP contribution in [0.1, 0.15) is 34.5 Å². The number of piperazine rings is 1. The van der Waals surface area contributed by atoms with Crippen molar-refractivity contribution in [3.05, 3.63) is 71.0 Å². The summed E-state index contributed by atoms with van der Waals surface area (Å²) in [5.41, 5.74) is -0.263. The molecule has 1 saturated heterocycles. The number of amides is 1. The molecule has 1 unspecified atom stereocenters. The normalized spacial score (nSPS) is 17.0. The molecule has 7 heteroatoms. The summed E-state index contributed by atoms with van der Waals surface area (Å²) in [6, 6.07) is 11.1. The van der Waals surface area contributed by atoms with Crippen LogP contribution in [0.15, 0.2) is 48.5 Å². The highest BCUT2D eigenvalue weighted by atomic mass is 19.4. The van der Waals surface area contributed by atoms with E-state index in [1.54, 1.807) is 12.1 Å². The molecule has 0 saturated carbocycles. The van der Waals surface area contributed by atoms with Crippen LogP contribution in [0.3, 0.4) is 0 Å². The molecular formula is C20H20F4N2O. The maximum Gasteiger partial charge on any atom is 0.417 e. The number of hydrogen-bond donors (Lipinski definition) is 0. The number of rotatable bonds is 3. The summed E-state index contributed by atoms with van der Waals surface area (Å²) in [5, 5.41) is 0. The van der Waals surface area contributed by atoms with Gasteiger partial charge < -0.3 is 4.90 Å². The van der Waals surface area contributed by atoms with Gasteiger partial charge in [-0.1, -0.05) is 24.3 Å². The first kappa shape index (κ1) is 19.4. The monoisotopic (exact) mass is 380 g/mol. The molecule has 0 radical (unpaired) electrons. The van der Waals surface area contributed by atoms with E-state index < -0.39 is 17.6 Å². The van der Waals surface area contributed by atoms with Crippen LogP contribution in [0, 0.1) is 5.82 Å². The van der Waals surface area contributed by atoms with Crippen LogP contribution >= 0.6 is 0 Å². The molecule has 27 heavy (non-hydrogen) atoms. The van der Waals surface area contributed by atoms with Crippen molar-refractivity contribution in [3.8, 4) is 0 Å². The molecule has 3 nitrogen and oxygen atoms in total. The van der Waals surface area contributed by atoms with Crippen molar-refractivity contribution in [2.24, 2.45) is 0 Å². The van der Waals surface area contributed by atoms with E-state index in [2.05, 4.69) is 4.90 Å². The van der Waals surface area contributed by atoms with E-state index in [1.807, 2.05) is 6.92 Å². The summed E-state index contributed by atoms with van der Waals surface area (Å²) < 4.78 is 52.5. The molecule has 144 valence electrons. The molecule has 1 aliphatic heterocycles. The average Bonchev–Trinajstić information content (AvgIpc) is 2.67. The fraction of sp³-hybridized carbons (Fsp3) is 0.350. The van der Waals surface area contributed by atoms with Gasteiger partial charge in [0.1, 0.15) is 5.82 Å². The number of hydrogen-bond acceptors (Lipinski definition) is 2. The molecule has 1 amide bonds. The van der Waals surface area contributed by atoms with E-state index in [0.29, 0.717) is 26.2 Å². The van der Waals surface area contributed by atoms with Gasteiger partial charge in [-0.2, -0.15) is 13.2 Å². The highest BCUT2D eigenvalue weighted by Gasteiger charge is 2.36. The molecular weight excluding hydrogens is 360 g/mol. The molecule has 0 aromatic heterocycles. The fourth-order valence-electron chi connectivity index (χ4n) is 3.35. The van der Waals surface area contributed by atoms with Crippen LogP contribution in [0.5, 0.6) is 0 Å². The number of carbonyl (C=O) groups excluding carboxylic acids is 1. The van der Waals surface area contributed by atoms with Crippen LogP contribution < -0.4 is 0 Å². The van der Waals surface area contributed by atoms with Gasteiger partial charge in [0, 0.05) is 32.2 Å². The Morgan fingerprint density at radius 2 is 1.56 bits per heavy atom. The Bertz CT molecular complexity index is 796. The van der Waals surface area contributed by atoms with Gasteiger partial charge >= 0.3 is 6.18 Å². The Labute approximate surface area is 155 Å². The minimum Gasteiger partial charge on any atom is -0.336 e. The topological polar surface area (TPSA) is 23.6 Å². The maximum absolute atomic E-state index is 13.2. The highest BCUT2D eigenvalue weighted by molar-refractivity contribution is 5.96. The summed E-state index contributed by atoms with van der Waals surface area (Å²) in [4.78, 5) is 16.2. The molecule has 1 atom stereocenters. The Morgan fingerprint density at radius 1 is 0.963 bits per heavy atom. The Kier molecular flexibility index (Phi) is 5.51. The first-order valence-corrected chi connectivity index (χ1v) is 8.72. The largest absolute Gasteiger partial charge is 0.417 e. The van der Waals surface area contributed by atoms with Crippen molar-refractivity contribution in [2.45, 2.75) is 19.1 Å². The lowest BCUT2D eigenvalue weighted by Crippen LogP contribution is -2.49. The van der Waals surface area contributed by atoms with Crippen molar-refractivity contribution in [1.29, 1.82) is 0 Å². The lowest BCUT2D eigenvalue weighted by Gasteiger charge is -2.38. The summed E-state index contributed by atoms with van der Waals surface area (Å²) >= 11 is 0. The lowest BCUT2D eigenvalue weighted by molar-refractivity contribution is -0.138. The Morgan fingerprint density at radius 3 is 2.15 bits per heavy atom. The summed E-state index contributed by atoms with van der Waals surface area (Å²) in [5.74, 6) is -0.901. The average molecular weight is 380 g/mol. The quantitative estimate of drug-likeness (QED) is 0.739. The minimum absolute atomic E-state index is 0.0327. The van der Waals surface area contributed by atoms with Crippen LogP contribution in [-0.4, -0.2) is 41.9 Å². The standard InChI is InChI=1S/C20H20F4N2O/c1-14(15-6-8-16(21)9-7-15)25-10-12-26(13-11-25)19(27)17-4-2-3-5-18(17)20(22,23)24/h2-9,14H,10-13H2,1H3. The van der Waals surface area contributed by atoms with E-state index in [-0.39, 0.29) is 17.4 Å². The molecule has 0 bridgehead atoms. The molecule has 3 rings (SSSR count). The van der Waals surface area contributed by atoms with Gasteiger partial charge in [-0.15, -0.1) is 0 Å². The summed E-state index contributed by atoms with van der Waals surface area (Å²) in [7, 11) is 0. The summed E-state index contributed by atoms with van der Waals surface area (Å²) in [6.45, 7) is 3.76. The zero-order chi connectivity index (χ0) is 19.6. The number of benzene rings is 2. The number of carbonyl (C=O) groups is 1. The first-order valence-electron chi connectivity index (χ1n) is 8.72. The van der Waals surface area contributed by atoms with Crippen molar-refractivity contribution < 1.29 is 22.4 Å². The third kappa shape index (κ3) is 4.30. The van der Waals surface area contributed by atoms with E-state index in [0.717, 1.165) is 11.6 Å². The molecule has 2 aromatic carbocycles. The lowest BCUT2D eigenvalue weighted by atomic mass is 10.0. The highest BCUT2D eigenvalue weighted by Crippen LogP contribution is 2.32. The van der Waals surface area contributed by atoms with E-state index >= 15 is 0 Å². The molecule has 0 spiro atoms. The third-order valence-electron chi connectivity index (χ3n) is 4.96. The number of halogens is 4. The van der Waals surface area contributed by atoms with E-state index in [1.165, 1.54) is 35.2 Å². The molecule has 1 fully saturated rings. The van der Waals surface area contributed by atoms with Gasteiger partial charge in [0.2, 0.25) is 0 Å². The molecule has 1 aliphatic rings. The second-order valence-corrected chi connectivity index (χ2v) is 6.60. The minimum atomic E-state index is -4.56. The second kappa shape index (κ2) is 7.68. The van der Waals surface area contributed by atoms with Crippen molar-refractivity contribution in [2.75, 3.05) is 26.2 Å². The SMILES string of the molecule is CC(c1ccc(F)cc1)N1CCN(C(=O)c2ccccc2C(F)(F)F)CC1. The molecule has 1 heterocycles. The molecule has 2 aromatic rings. The Balaban J connectivity index is 1.67. The van der Waals surface area contributed by atoms with Gasteiger partial charge in [0.25, 0.3) is 5.91 Å². The van der Waals surface area contributed by atoms with E-state index in [4.69, 9.17) is 0 Å². The molecule has 0 aliphatic carbocycles. The van der Waals surface area contributed by atoms with Crippen molar-refractivity contribution >= 4 is 5.91 Å². The predicted molar refractivity (Wildman–Crippen MR) is 93.7 cm³/mol. The van der Waals surface area contributed by atoms with Gasteiger partial charge in [-0.25, -0.2) is 4.39 Å². The predicted octanol–water partition coefficient (Wildman–Crippen LogP) is 4.36. The maximum atomic E-state index is 13.2. The zero-order valence-corrected chi connectivity index (χ0v) is 14.8. The number of alkyl halides is 3. The fourth-order valence-corrected chi connectivity index (χ4v) is 3.35. The zero-order valence-electron chi connectivity index (χ0n) is 14.8. The van der Waals surface area contributed by atoms with Gasteiger partial charge in [0.15, 0.2) is 0 Å². The second-order valence-electron chi connectivity index (χ2n) is 6.60. The van der Waals surface area contributed by atoms with Gasteiger partial charge in [0.05, 0.1) is 11.1 Å². The third-order valence-corrected chi connectivity index (χ3v) is 4.96.